The first-order chi connectivity index (χ1) is 8.63. The van der Waals surface area contributed by atoms with E-state index in [0.717, 1.165) is 37.8 Å². The van der Waals surface area contributed by atoms with Crippen LogP contribution in [0, 0.1) is 0 Å². The Hall–Kier alpha value is 3.05. The van der Waals surface area contributed by atoms with Crippen LogP contribution in [0.25, 0.3) is 5.32 Å². The largest absolute Gasteiger partial charge is 1.00 e. The number of rotatable bonds is 6. The van der Waals surface area contributed by atoms with Crippen molar-refractivity contribution in [2.75, 3.05) is 68.5 Å². The standard InChI is InChI=1S/2C5H13N2.3ClH.2In.Li.H/c2*1-6-4-5-7(2)3;;;;;;;/h2*4-5H2,1-3H3;3*1H;;;;/q2*-1;;;;+1;+3;+1;/p-2. The van der Waals surface area contributed by atoms with Crippen LogP contribution in [0.3, 0.4) is 0 Å². The second kappa shape index (κ2) is 24.3. The van der Waals surface area contributed by atoms with Crippen LogP contribution in [-0.2, 0) is 0 Å². The molecule has 0 rings (SSSR count). The monoisotopic (exact) mass is 546 g/mol. The summed E-state index contributed by atoms with van der Waals surface area (Å²) in [5.74, 6) is 0. The Morgan fingerprint density at radius 3 is 1.60 bits per heavy atom. The van der Waals surface area contributed by atoms with E-state index in [9.17, 15) is 0 Å². The molecule has 20 heavy (non-hydrogen) atoms. The van der Waals surface area contributed by atoms with E-state index in [2.05, 4.69) is 48.3 Å². The summed E-state index contributed by atoms with van der Waals surface area (Å²) in [5, 5.41) is 3.96. The molecule has 0 unspecified atom stereocenters. The van der Waals surface area contributed by atoms with Crippen LogP contribution in [-0.4, -0.2) is 119 Å². The molecule has 0 aliphatic rings. The van der Waals surface area contributed by atoms with E-state index in [1.807, 2.05) is 7.05 Å². The molecule has 1 N–H and O–H groups in total. The van der Waals surface area contributed by atoms with Crippen LogP contribution in [0.2, 0.25) is 0 Å². The first kappa shape index (κ1) is 30.9. The minimum Gasteiger partial charge on any atom is 1.00 e. The van der Waals surface area contributed by atoms with E-state index in [1.54, 1.807) is 0 Å². The van der Waals surface area contributed by atoms with Gasteiger partial charge in [-0.3, -0.25) is 0 Å². The van der Waals surface area contributed by atoms with Gasteiger partial charge in [-0.15, -0.1) is 0 Å². The van der Waals surface area contributed by atoms with Gasteiger partial charge in [-0.05, 0) is 0 Å². The van der Waals surface area contributed by atoms with Gasteiger partial charge >= 0.3 is 129 Å². The zero-order valence-electron chi connectivity index (χ0n) is 14.1. The molecule has 0 aromatic carbocycles. The summed E-state index contributed by atoms with van der Waals surface area (Å²) in [6.07, 6.45) is 0. The van der Waals surface area contributed by atoms with Crippen molar-refractivity contribution in [1.29, 1.82) is 0 Å². The second-order valence-corrected chi connectivity index (χ2v) is 22.4. The van der Waals surface area contributed by atoms with Crippen molar-refractivity contribution in [3.63, 3.8) is 0 Å². The van der Waals surface area contributed by atoms with E-state index in [1.165, 1.54) is 18.0 Å². The van der Waals surface area contributed by atoms with Crippen molar-refractivity contribution < 1.29 is 23.8 Å². The van der Waals surface area contributed by atoms with Gasteiger partial charge in [-0.2, -0.15) is 7.05 Å². The third-order valence-corrected chi connectivity index (χ3v) is 2.67. The van der Waals surface area contributed by atoms with Crippen molar-refractivity contribution in [1.82, 2.24) is 7.79 Å². The number of hydrogen-bond donors (Lipinski definition) is 1. The van der Waals surface area contributed by atoms with Crippen LogP contribution in [0.1, 0.15) is 0 Å². The third kappa shape index (κ3) is 58.3. The fourth-order valence-electron chi connectivity index (χ4n) is 0.706. The maximum Gasteiger partial charge on any atom is 1.00 e. The summed E-state index contributed by atoms with van der Waals surface area (Å²) in [6, 6.07) is 0. The average Bonchev–Trinajstić information content (AvgIpc) is 2.23. The van der Waals surface area contributed by atoms with Crippen LogP contribution in [0.5, 0.6) is 0 Å². The SMILES string of the molecule is CN(C)CC[N](C)[InH].C[N-]CC[NH+](C)C.[Cl][In]([Cl])[Cl].[Li+]. The molecule has 0 aromatic rings. The van der Waals surface area contributed by atoms with Gasteiger partial charge in [-0.1, -0.05) is 6.54 Å². The van der Waals surface area contributed by atoms with E-state index < -0.39 is 17.9 Å². The maximum atomic E-state index is 5.02. The molecule has 10 heteroatoms. The molecule has 0 fully saturated rings. The Kier molecular flexibility index (Phi) is 37.5. The summed E-state index contributed by atoms with van der Waals surface area (Å²) in [6.45, 7) is 4.55. The van der Waals surface area contributed by atoms with Gasteiger partial charge < -0.3 is 10.2 Å². The molecule has 0 heterocycles. The Morgan fingerprint density at radius 1 is 1.10 bits per heavy atom. The number of likely N-dealkylation sites (N-methyl/N-ethyl adjacent to an activating group) is 4. The molecule has 0 saturated heterocycles. The minimum atomic E-state index is -2.22. The Bertz CT molecular complexity index is 159. The fraction of sp³-hybridized carbons (Fsp3) is 1.00. The minimum absolute atomic E-state index is 0. The van der Waals surface area contributed by atoms with Gasteiger partial charge in [0.1, 0.15) is 0 Å². The van der Waals surface area contributed by atoms with Gasteiger partial charge in [-0.25, -0.2) is 0 Å². The summed E-state index contributed by atoms with van der Waals surface area (Å²) in [7, 11) is 27.5. The zero-order valence-corrected chi connectivity index (χ0v) is 23.7. The van der Waals surface area contributed by atoms with E-state index in [-0.39, 0.29) is 18.9 Å². The molecule has 0 amide bonds. The molecule has 0 spiro atoms. The van der Waals surface area contributed by atoms with Crippen LogP contribution < -0.4 is 23.8 Å². The molecule has 0 saturated carbocycles. The number of quaternary nitrogens is 1. The predicted molar refractivity (Wildman–Crippen MR) is 93.5 cm³/mol. The quantitative estimate of drug-likeness (QED) is 0.362. The smallest absolute Gasteiger partial charge is 1.00 e. The topological polar surface area (TPSA) is 25.0 Å². The first-order valence-corrected chi connectivity index (χ1v) is 20.4. The van der Waals surface area contributed by atoms with Crippen molar-refractivity contribution in [2.45, 2.75) is 0 Å². The molecule has 0 aliphatic heterocycles. The summed E-state index contributed by atoms with van der Waals surface area (Å²) < 4.78 is 2.35. The fourth-order valence-corrected chi connectivity index (χ4v) is 1.11. The van der Waals surface area contributed by atoms with E-state index >= 15 is 0 Å². The predicted octanol–water partition coefficient (Wildman–Crippen LogP) is -2.88. The van der Waals surface area contributed by atoms with Crippen molar-refractivity contribution in [3.05, 3.63) is 5.32 Å². The average molecular weight is 547 g/mol. The number of nitrogens with zero attached hydrogens (tertiary/aromatic N) is 3. The molecule has 1 radical (unpaired) electrons. The normalized spacial score (nSPS) is 9.40. The second-order valence-electron chi connectivity index (χ2n) is 4.63. The summed E-state index contributed by atoms with van der Waals surface area (Å²) >= 11 is -1.24. The van der Waals surface area contributed by atoms with Crippen LogP contribution in [0.15, 0.2) is 0 Å². The molecule has 0 atom stereocenters. The van der Waals surface area contributed by atoms with Gasteiger partial charge in [0.05, 0.1) is 20.6 Å². The maximum absolute atomic E-state index is 5.02. The van der Waals surface area contributed by atoms with Crippen molar-refractivity contribution in [3.8, 4) is 0 Å². The molecule has 0 bridgehead atoms. The van der Waals surface area contributed by atoms with Gasteiger partial charge in [0.15, 0.2) is 0 Å². The summed E-state index contributed by atoms with van der Waals surface area (Å²) in [5.41, 5.74) is 0. The van der Waals surface area contributed by atoms with E-state index in [0.29, 0.717) is 0 Å². The Balaban J connectivity index is -0.0000000986. The molecule has 4 nitrogen and oxygen atoms in total. The number of nitrogens with one attached hydrogen (secondary N) is 1. The zero-order chi connectivity index (χ0) is 15.8. The number of halogens is 3. The van der Waals surface area contributed by atoms with Crippen molar-refractivity contribution in [2.24, 2.45) is 0 Å². The molecular weight excluding hydrogens is 519 g/mol. The molecule has 115 valence electrons. The van der Waals surface area contributed by atoms with Crippen molar-refractivity contribution >= 4 is 68.3 Å². The molecule has 0 aromatic heterocycles. The molecule has 0 aliphatic carbocycles. The van der Waals surface area contributed by atoms with E-state index in [4.69, 9.17) is 25.7 Å². The summed E-state index contributed by atoms with van der Waals surface area (Å²) in [4.78, 5) is 3.67. The van der Waals surface area contributed by atoms with Crippen LogP contribution >= 0.6 is 25.7 Å². The van der Waals surface area contributed by atoms with Gasteiger partial charge in [0.2, 0.25) is 0 Å². The molecular formula is C10H28Cl3In2LiN4+. The third-order valence-electron chi connectivity index (χ3n) is 1.76. The van der Waals surface area contributed by atoms with Gasteiger partial charge in [0.25, 0.3) is 0 Å². The Morgan fingerprint density at radius 2 is 1.50 bits per heavy atom. The van der Waals surface area contributed by atoms with Gasteiger partial charge in [0, 0.05) is 0 Å². The van der Waals surface area contributed by atoms with Crippen LogP contribution in [0.4, 0.5) is 0 Å². The first-order valence-electron chi connectivity index (χ1n) is 6.06. The number of hydrogen-bond acceptors (Lipinski definition) is 2. The Labute approximate surface area is 171 Å².